The first-order chi connectivity index (χ1) is 13.0. The summed E-state index contributed by atoms with van der Waals surface area (Å²) in [7, 11) is 1.29. The molecular weight excluding hydrogens is 368 g/mol. The number of carbonyl (C=O) groups is 2. The van der Waals surface area contributed by atoms with Crippen LogP contribution < -0.4 is 5.32 Å². The molecule has 0 bridgehead atoms. The number of aromatic nitrogens is 1. The Hall–Kier alpha value is -3.12. The van der Waals surface area contributed by atoms with Crippen molar-refractivity contribution in [3.63, 3.8) is 0 Å². The summed E-state index contributed by atoms with van der Waals surface area (Å²) in [5, 5.41) is 3.23. The molecule has 1 heterocycles. The second-order valence-electron chi connectivity index (χ2n) is 5.76. The van der Waals surface area contributed by atoms with Crippen molar-refractivity contribution >= 4 is 29.2 Å². The predicted molar refractivity (Wildman–Crippen MR) is 102 cm³/mol. The van der Waals surface area contributed by atoms with Crippen LogP contribution in [0.2, 0.25) is 5.02 Å². The zero-order chi connectivity index (χ0) is 19.4. The minimum absolute atomic E-state index is 0.00467. The topological polar surface area (TPSA) is 81.4 Å². The number of para-hydroxylation sites is 1. The molecule has 1 amide bonds. The van der Waals surface area contributed by atoms with E-state index in [9.17, 15) is 9.59 Å². The highest BCUT2D eigenvalue weighted by Gasteiger charge is 2.18. The molecule has 1 N–H and O–H groups in total. The summed E-state index contributed by atoms with van der Waals surface area (Å²) in [5.41, 5.74) is 1.81. The summed E-state index contributed by atoms with van der Waals surface area (Å²) in [6.07, 6.45) is -0.00467. The molecular formula is C20H17ClN2O4. The van der Waals surface area contributed by atoms with Gasteiger partial charge in [-0.2, -0.15) is 0 Å². The van der Waals surface area contributed by atoms with Crippen LogP contribution in [0.5, 0.6) is 0 Å². The van der Waals surface area contributed by atoms with Gasteiger partial charge in [-0.15, -0.1) is 0 Å². The molecule has 0 aliphatic carbocycles. The zero-order valence-electron chi connectivity index (χ0n) is 14.8. The van der Waals surface area contributed by atoms with E-state index < -0.39 is 5.97 Å². The lowest BCUT2D eigenvalue weighted by molar-refractivity contribution is -0.115. The molecule has 0 fully saturated rings. The normalized spacial score (nSPS) is 10.5. The quantitative estimate of drug-likeness (QED) is 0.664. The molecule has 3 rings (SSSR count). The first kappa shape index (κ1) is 18.7. The summed E-state index contributed by atoms with van der Waals surface area (Å²) < 4.78 is 10.4. The lowest BCUT2D eigenvalue weighted by Gasteiger charge is -2.09. The second-order valence-corrected chi connectivity index (χ2v) is 6.17. The molecule has 0 aliphatic rings. The maximum Gasteiger partial charge on any atom is 0.339 e. The number of oxazole rings is 1. The monoisotopic (exact) mass is 384 g/mol. The van der Waals surface area contributed by atoms with E-state index in [0.29, 0.717) is 33.6 Å². The Morgan fingerprint density at radius 3 is 2.59 bits per heavy atom. The van der Waals surface area contributed by atoms with Gasteiger partial charge in [0.1, 0.15) is 5.76 Å². The third-order valence-electron chi connectivity index (χ3n) is 3.93. The minimum Gasteiger partial charge on any atom is -0.465 e. The van der Waals surface area contributed by atoms with E-state index in [1.54, 1.807) is 43.3 Å². The highest BCUT2D eigenvalue weighted by Crippen LogP contribution is 2.28. The number of halogens is 1. The van der Waals surface area contributed by atoms with Crippen LogP contribution in [0.15, 0.2) is 52.9 Å². The van der Waals surface area contributed by atoms with E-state index in [-0.39, 0.29) is 17.9 Å². The number of esters is 1. The summed E-state index contributed by atoms with van der Waals surface area (Å²) >= 11 is 6.17. The SMILES string of the molecule is COC(=O)c1ccccc1NC(=O)Cc1nc(-c2ccccc2Cl)oc1C. The van der Waals surface area contributed by atoms with Gasteiger partial charge in [-0.1, -0.05) is 35.9 Å². The Kier molecular flexibility index (Phi) is 5.57. The van der Waals surface area contributed by atoms with Crippen LogP contribution >= 0.6 is 11.6 Å². The van der Waals surface area contributed by atoms with E-state index in [2.05, 4.69) is 10.3 Å². The lowest BCUT2D eigenvalue weighted by Crippen LogP contribution is -2.17. The minimum atomic E-state index is -0.524. The molecule has 2 aromatic carbocycles. The Morgan fingerprint density at radius 2 is 1.85 bits per heavy atom. The van der Waals surface area contributed by atoms with Crippen LogP contribution in [0.25, 0.3) is 11.5 Å². The third kappa shape index (κ3) is 4.17. The number of hydrogen-bond acceptors (Lipinski definition) is 5. The fourth-order valence-corrected chi connectivity index (χ4v) is 2.79. The Labute approximate surface area is 161 Å². The number of benzene rings is 2. The third-order valence-corrected chi connectivity index (χ3v) is 4.26. The maximum atomic E-state index is 12.4. The number of carbonyl (C=O) groups excluding carboxylic acids is 2. The van der Waals surface area contributed by atoms with Crippen molar-refractivity contribution in [2.75, 3.05) is 12.4 Å². The highest BCUT2D eigenvalue weighted by atomic mass is 35.5. The molecule has 27 heavy (non-hydrogen) atoms. The van der Waals surface area contributed by atoms with Crippen molar-refractivity contribution < 1.29 is 18.7 Å². The Balaban J connectivity index is 1.78. The second kappa shape index (κ2) is 8.05. The summed E-state index contributed by atoms with van der Waals surface area (Å²) in [6, 6.07) is 13.8. The van der Waals surface area contributed by atoms with Crippen LogP contribution in [-0.2, 0) is 16.0 Å². The van der Waals surface area contributed by atoms with Gasteiger partial charge in [0.05, 0.1) is 41.1 Å². The van der Waals surface area contributed by atoms with Gasteiger partial charge in [-0.25, -0.2) is 9.78 Å². The lowest BCUT2D eigenvalue weighted by atomic mass is 10.1. The van der Waals surface area contributed by atoms with Crippen molar-refractivity contribution in [3.05, 3.63) is 70.6 Å². The van der Waals surface area contributed by atoms with Gasteiger partial charge < -0.3 is 14.5 Å². The molecule has 0 radical (unpaired) electrons. The summed E-state index contributed by atoms with van der Waals surface area (Å²) in [6.45, 7) is 1.73. The number of rotatable bonds is 5. The van der Waals surface area contributed by atoms with Crippen molar-refractivity contribution in [1.82, 2.24) is 4.98 Å². The smallest absolute Gasteiger partial charge is 0.339 e. The largest absolute Gasteiger partial charge is 0.465 e. The number of nitrogens with zero attached hydrogens (tertiary/aromatic N) is 1. The molecule has 6 nitrogen and oxygen atoms in total. The number of ether oxygens (including phenoxy) is 1. The Morgan fingerprint density at radius 1 is 1.15 bits per heavy atom. The van der Waals surface area contributed by atoms with Crippen molar-refractivity contribution in [2.24, 2.45) is 0 Å². The van der Waals surface area contributed by atoms with E-state index in [1.807, 2.05) is 12.1 Å². The molecule has 0 spiro atoms. The zero-order valence-corrected chi connectivity index (χ0v) is 15.5. The fourth-order valence-electron chi connectivity index (χ4n) is 2.57. The fraction of sp³-hybridized carbons (Fsp3) is 0.150. The van der Waals surface area contributed by atoms with Crippen LogP contribution in [0.1, 0.15) is 21.8 Å². The number of anilines is 1. The van der Waals surface area contributed by atoms with Gasteiger partial charge in [-0.05, 0) is 31.2 Å². The average molecular weight is 385 g/mol. The van der Waals surface area contributed by atoms with Gasteiger partial charge in [0.25, 0.3) is 0 Å². The van der Waals surface area contributed by atoms with E-state index >= 15 is 0 Å². The van der Waals surface area contributed by atoms with Gasteiger partial charge >= 0.3 is 5.97 Å². The first-order valence-electron chi connectivity index (χ1n) is 8.18. The number of hydrogen-bond donors (Lipinski definition) is 1. The number of amides is 1. The van der Waals surface area contributed by atoms with E-state index in [0.717, 1.165) is 0 Å². The standard InChI is InChI=1S/C20H17ClN2O4/c1-12-17(23-19(27-12)13-7-3-5-9-15(13)21)11-18(24)22-16-10-6-4-8-14(16)20(25)26-2/h3-10H,11H2,1-2H3,(H,22,24). The first-order valence-corrected chi connectivity index (χ1v) is 8.55. The maximum absolute atomic E-state index is 12.4. The van der Waals surface area contributed by atoms with Gasteiger partial charge in [-0.3, -0.25) is 4.79 Å². The van der Waals surface area contributed by atoms with Gasteiger partial charge in [0, 0.05) is 0 Å². The highest BCUT2D eigenvalue weighted by molar-refractivity contribution is 6.33. The number of methoxy groups -OCH3 is 1. The predicted octanol–water partition coefficient (Wildman–Crippen LogP) is 4.27. The van der Waals surface area contributed by atoms with E-state index in [1.165, 1.54) is 7.11 Å². The molecule has 0 aliphatic heterocycles. The van der Waals surface area contributed by atoms with Crippen LogP contribution in [-0.4, -0.2) is 24.0 Å². The molecule has 3 aromatic rings. The summed E-state index contributed by atoms with van der Waals surface area (Å²) in [4.78, 5) is 28.6. The van der Waals surface area contributed by atoms with E-state index in [4.69, 9.17) is 20.8 Å². The van der Waals surface area contributed by atoms with Crippen LogP contribution in [0.4, 0.5) is 5.69 Å². The van der Waals surface area contributed by atoms with Gasteiger partial charge in [0.2, 0.25) is 11.8 Å². The van der Waals surface area contributed by atoms with Crippen molar-refractivity contribution in [3.8, 4) is 11.5 Å². The molecule has 7 heteroatoms. The molecule has 1 aromatic heterocycles. The number of nitrogens with one attached hydrogen (secondary N) is 1. The molecule has 0 saturated carbocycles. The van der Waals surface area contributed by atoms with Crippen LogP contribution in [0, 0.1) is 6.92 Å². The summed E-state index contributed by atoms with van der Waals surface area (Å²) in [5.74, 6) is 0.0372. The molecule has 138 valence electrons. The van der Waals surface area contributed by atoms with Gasteiger partial charge in [0.15, 0.2) is 0 Å². The molecule has 0 atom stereocenters. The van der Waals surface area contributed by atoms with Crippen molar-refractivity contribution in [1.29, 1.82) is 0 Å². The van der Waals surface area contributed by atoms with Crippen LogP contribution in [0.3, 0.4) is 0 Å². The molecule has 0 unspecified atom stereocenters. The average Bonchev–Trinajstić information content (AvgIpc) is 3.02. The van der Waals surface area contributed by atoms with Crippen molar-refractivity contribution in [2.45, 2.75) is 13.3 Å². The Bertz CT molecular complexity index is 997. The molecule has 0 saturated heterocycles. The number of aryl methyl sites for hydroxylation is 1.